The number of aryl methyl sites for hydroxylation is 1. The first-order chi connectivity index (χ1) is 16.5. The fraction of sp³-hybridized carbons (Fsp3) is 0.407. The van der Waals surface area contributed by atoms with E-state index in [0.29, 0.717) is 18.7 Å². The van der Waals surface area contributed by atoms with Gasteiger partial charge in [0, 0.05) is 34.7 Å². The molecule has 2 aromatic carbocycles. The summed E-state index contributed by atoms with van der Waals surface area (Å²) >= 11 is 0. The highest BCUT2D eigenvalue weighted by molar-refractivity contribution is 5.89. The van der Waals surface area contributed by atoms with E-state index in [9.17, 15) is 9.59 Å². The molecule has 34 heavy (non-hydrogen) atoms. The summed E-state index contributed by atoms with van der Waals surface area (Å²) in [4.78, 5) is 33.4. The molecule has 1 fully saturated rings. The molecule has 0 spiro atoms. The number of benzene rings is 2. The maximum Gasteiger partial charge on any atom is 0.322 e. The number of aromatic amines is 1. The van der Waals surface area contributed by atoms with Crippen LogP contribution in [0.5, 0.6) is 5.75 Å². The van der Waals surface area contributed by atoms with Crippen molar-refractivity contribution in [1.29, 1.82) is 0 Å². The molecule has 0 radical (unpaired) electrons. The zero-order valence-corrected chi connectivity index (χ0v) is 20.3. The van der Waals surface area contributed by atoms with Crippen LogP contribution < -0.4 is 15.6 Å². The van der Waals surface area contributed by atoms with E-state index in [1.165, 1.54) is 0 Å². The number of aromatic nitrogens is 1. The predicted molar refractivity (Wildman–Crippen MR) is 137 cm³/mol. The summed E-state index contributed by atoms with van der Waals surface area (Å²) in [6, 6.07) is 15.3. The van der Waals surface area contributed by atoms with Crippen molar-refractivity contribution in [2.75, 3.05) is 31.6 Å². The molecule has 0 saturated carbocycles. The van der Waals surface area contributed by atoms with Crippen LogP contribution in [0.4, 0.5) is 10.5 Å². The molecule has 7 heteroatoms. The zero-order valence-electron chi connectivity index (χ0n) is 20.3. The lowest BCUT2D eigenvalue weighted by molar-refractivity contribution is 0.174. The van der Waals surface area contributed by atoms with Crippen molar-refractivity contribution in [3.63, 3.8) is 0 Å². The first-order valence-electron chi connectivity index (χ1n) is 12.1. The number of likely N-dealkylation sites (tertiary alicyclic amines) is 1. The minimum Gasteiger partial charge on any atom is -0.494 e. The monoisotopic (exact) mass is 462 g/mol. The highest BCUT2D eigenvalue weighted by atomic mass is 16.5. The minimum atomic E-state index is -0.200. The number of H-pyrrole nitrogens is 1. The summed E-state index contributed by atoms with van der Waals surface area (Å²) in [5.41, 5.74) is 3.01. The number of fused-ring (bicyclic) bond motifs is 1. The highest BCUT2D eigenvalue weighted by Gasteiger charge is 2.28. The molecule has 1 atom stereocenters. The number of likely N-dealkylation sites (N-methyl/N-ethyl adjacent to an activating group) is 1. The average molecular weight is 463 g/mol. The maximum atomic E-state index is 13.4. The highest BCUT2D eigenvalue weighted by Crippen LogP contribution is 2.22. The average Bonchev–Trinajstić information content (AvgIpc) is 3.28. The number of urea groups is 1. The molecule has 180 valence electrons. The lowest BCUT2D eigenvalue weighted by Crippen LogP contribution is -2.45. The van der Waals surface area contributed by atoms with Gasteiger partial charge in [0.1, 0.15) is 5.75 Å². The lowest BCUT2D eigenvalue weighted by atomic mass is 10.1. The van der Waals surface area contributed by atoms with Crippen molar-refractivity contribution in [3.8, 4) is 5.75 Å². The second-order valence-corrected chi connectivity index (χ2v) is 8.91. The van der Waals surface area contributed by atoms with Crippen LogP contribution in [0.3, 0.4) is 0 Å². The van der Waals surface area contributed by atoms with Gasteiger partial charge in [0.25, 0.3) is 5.56 Å². The summed E-state index contributed by atoms with van der Waals surface area (Å²) in [5.74, 6) is 0.756. The molecular weight excluding hydrogens is 428 g/mol. The van der Waals surface area contributed by atoms with Crippen molar-refractivity contribution in [2.24, 2.45) is 0 Å². The van der Waals surface area contributed by atoms with E-state index in [1.54, 1.807) is 4.90 Å². The van der Waals surface area contributed by atoms with Gasteiger partial charge in [-0.3, -0.25) is 9.69 Å². The Morgan fingerprint density at radius 3 is 2.71 bits per heavy atom. The smallest absolute Gasteiger partial charge is 0.322 e. The van der Waals surface area contributed by atoms with Gasteiger partial charge in [-0.1, -0.05) is 24.6 Å². The quantitative estimate of drug-likeness (QED) is 0.506. The summed E-state index contributed by atoms with van der Waals surface area (Å²) in [7, 11) is 0. The van der Waals surface area contributed by atoms with Crippen LogP contribution in [-0.4, -0.2) is 53.1 Å². The van der Waals surface area contributed by atoms with Crippen molar-refractivity contribution >= 4 is 22.6 Å². The largest absolute Gasteiger partial charge is 0.494 e. The molecule has 1 aliphatic rings. The first kappa shape index (κ1) is 23.8. The van der Waals surface area contributed by atoms with Crippen molar-refractivity contribution in [2.45, 2.75) is 46.2 Å². The Balaban J connectivity index is 1.61. The fourth-order valence-electron chi connectivity index (χ4n) is 4.64. The summed E-state index contributed by atoms with van der Waals surface area (Å²) in [5, 5.41) is 3.90. The molecule has 2 amide bonds. The standard InChI is InChI=1S/C27H34N4O3/c1-4-30-14-6-7-23(30)18-31(27(33)28-22-10-8-19(3)9-11-22)17-21-15-20-16-24(34-5-2)12-13-25(20)29-26(21)32/h8-13,15-16,23H,4-7,14,17-18H2,1-3H3,(H,28,33)(H,29,32)/t23-/m0/s1. The van der Waals surface area contributed by atoms with Crippen molar-refractivity contribution < 1.29 is 9.53 Å². The van der Waals surface area contributed by atoms with Gasteiger partial charge < -0.3 is 19.9 Å². The normalized spacial score (nSPS) is 16.0. The fourth-order valence-corrected chi connectivity index (χ4v) is 4.64. The number of ether oxygens (including phenoxy) is 1. The number of pyridine rings is 1. The van der Waals surface area contributed by atoms with Gasteiger partial charge in [-0.05, 0) is 76.2 Å². The molecule has 1 aromatic heterocycles. The predicted octanol–water partition coefficient (Wildman–Crippen LogP) is 4.75. The summed E-state index contributed by atoms with van der Waals surface area (Å²) in [6.45, 7) is 9.48. The third-order valence-electron chi connectivity index (χ3n) is 6.49. The van der Waals surface area contributed by atoms with Crippen LogP contribution in [0.25, 0.3) is 10.9 Å². The van der Waals surface area contributed by atoms with Gasteiger partial charge in [0.2, 0.25) is 0 Å². The Morgan fingerprint density at radius 1 is 1.18 bits per heavy atom. The SMILES string of the molecule is CCOc1ccc2[nH]c(=O)c(CN(C[C@@H]3CCCN3CC)C(=O)Nc3ccc(C)cc3)cc2c1. The van der Waals surface area contributed by atoms with E-state index in [4.69, 9.17) is 4.74 Å². The number of hydrogen-bond donors (Lipinski definition) is 2. The number of hydrogen-bond acceptors (Lipinski definition) is 4. The third-order valence-corrected chi connectivity index (χ3v) is 6.49. The topological polar surface area (TPSA) is 77.7 Å². The molecule has 4 rings (SSSR count). The zero-order chi connectivity index (χ0) is 24.1. The molecule has 0 unspecified atom stereocenters. The molecule has 0 bridgehead atoms. The van der Waals surface area contributed by atoms with Gasteiger partial charge in [0.15, 0.2) is 0 Å². The van der Waals surface area contributed by atoms with E-state index >= 15 is 0 Å². The van der Waals surface area contributed by atoms with Crippen LogP contribution in [0, 0.1) is 6.92 Å². The van der Waals surface area contributed by atoms with Crippen LogP contribution in [-0.2, 0) is 6.54 Å². The second-order valence-electron chi connectivity index (χ2n) is 8.91. The molecule has 2 N–H and O–H groups in total. The number of nitrogens with zero attached hydrogens (tertiary/aromatic N) is 2. The van der Waals surface area contributed by atoms with Gasteiger partial charge >= 0.3 is 6.03 Å². The van der Waals surface area contributed by atoms with E-state index in [-0.39, 0.29) is 24.2 Å². The Bertz CT molecular complexity index is 1190. The van der Waals surface area contributed by atoms with Gasteiger partial charge in [-0.25, -0.2) is 4.79 Å². The van der Waals surface area contributed by atoms with Crippen molar-refractivity contribution in [1.82, 2.24) is 14.8 Å². The second kappa shape index (κ2) is 10.7. The Labute approximate surface area is 200 Å². The number of anilines is 1. The van der Waals surface area contributed by atoms with Crippen molar-refractivity contribution in [3.05, 3.63) is 70.0 Å². The number of amides is 2. The molecule has 0 aliphatic carbocycles. The van der Waals surface area contributed by atoms with Crippen LogP contribution in [0.15, 0.2) is 53.3 Å². The molecule has 2 heterocycles. The van der Waals surface area contributed by atoms with Crippen LogP contribution in [0.1, 0.15) is 37.8 Å². The number of rotatable bonds is 8. The van der Waals surface area contributed by atoms with Gasteiger partial charge in [-0.15, -0.1) is 0 Å². The Hall–Kier alpha value is -3.32. The molecule has 1 saturated heterocycles. The van der Waals surface area contributed by atoms with Crippen LogP contribution >= 0.6 is 0 Å². The third kappa shape index (κ3) is 5.59. The summed E-state index contributed by atoms with van der Waals surface area (Å²) < 4.78 is 5.62. The summed E-state index contributed by atoms with van der Waals surface area (Å²) in [6.07, 6.45) is 2.18. The Kier molecular flexibility index (Phi) is 7.53. The molecule has 3 aromatic rings. The molecule has 7 nitrogen and oxygen atoms in total. The van der Waals surface area contributed by atoms with Crippen LogP contribution in [0.2, 0.25) is 0 Å². The van der Waals surface area contributed by atoms with E-state index < -0.39 is 0 Å². The number of carbonyl (C=O) groups excluding carboxylic acids is 1. The number of nitrogens with one attached hydrogen (secondary N) is 2. The Morgan fingerprint density at radius 2 is 1.97 bits per heavy atom. The lowest BCUT2D eigenvalue weighted by Gasteiger charge is -2.30. The van der Waals surface area contributed by atoms with E-state index in [2.05, 4.69) is 22.1 Å². The molecular formula is C27H34N4O3. The minimum absolute atomic E-state index is 0.177. The van der Waals surface area contributed by atoms with Gasteiger partial charge in [0.05, 0.1) is 13.2 Å². The van der Waals surface area contributed by atoms with E-state index in [1.807, 2.05) is 62.4 Å². The first-order valence-corrected chi connectivity index (χ1v) is 12.1. The van der Waals surface area contributed by atoms with Gasteiger partial charge in [-0.2, -0.15) is 0 Å². The maximum absolute atomic E-state index is 13.4. The van der Waals surface area contributed by atoms with E-state index in [0.717, 1.165) is 53.8 Å². The number of carbonyl (C=O) groups is 1. The molecule has 1 aliphatic heterocycles.